The summed E-state index contributed by atoms with van der Waals surface area (Å²) in [5.41, 5.74) is -0.237. The second-order valence-electron chi connectivity index (χ2n) is 5.96. The molecule has 1 heterocycles. The second kappa shape index (κ2) is 8.85. The molecule has 1 atom stereocenters. The lowest BCUT2D eigenvalue weighted by atomic mass is 10.2. The number of esters is 1. The van der Waals surface area contributed by atoms with Gasteiger partial charge in [-0.1, -0.05) is 6.07 Å². The van der Waals surface area contributed by atoms with E-state index in [4.69, 9.17) is 4.74 Å². The Labute approximate surface area is 140 Å². The molecule has 1 rings (SSSR count). The van der Waals surface area contributed by atoms with Crippen molar-refractivity contribution in [3.05, 3.63) is 30.1 Å². The van der Waals surface area contributed by atoms with Crippen molar-refractivity contribution in [3.63, 3.8) is 0 Å². The highest BCUT2D eigenvalue weighted by Gasteiger charge is 2.24. The maximum absolute atomic E-state index is 12.0. The molecule has 0 aliphatic heterocycles. The van der Waals surface area contributed by atoms with Crippen LogP contribution >= 0.6 is 0 Å². The minimum absolute atomic E-state index is 0.0143. The van der Waals surface area contributed by atoms with Crippen molar-refractivity contribution in [2.75, 3.05) is 13.7 Å². The van der Waals surface area contributed by atoms with Crippen LogP contribution in [-0.4, -0.2) is 42.2 Å². The Balaban J connectivity index is 2.52. The van der Waals surface area contributed by atoms with Crippen molar-refractivity contribution in [1.82, 2.24) is 15.6 Å². The van der Waals surface area contributed by atoms with Gasteiger partial charge in [0.2, 0.25) is 5.91 Å². The molecule has 2 N–H and O–H groups in total. The normalized spacial score (nSPS) is 12.0. The van der Waals surface area contributed by atoms with Crippen LogP contribution < -0.4 is 10.6 Å². The van der Waals surface area contributed by atoms with Crippen LogP contribution in [0.2, 0.25) is 0 Å². The number of pyridine rings is 1. The number of amides is 2. The molecule has 132 valence electrons. The van der Waals surface area contributed by atoms with Gasteiger partial charge < -0.3 is 20.1 Å². The lowest BCUT2D eigenvalue weighted by Crippen LogP contribution is -2.38. The van der Waals surface area contributed by atoms with E-state index in [0.29, 0.717) is 5.69 Å². The molecule has 1 aromatic rings. The van der Waals surface area contributed by atoms with Crippen LogP contribution in [-0.2, 0) is 19.1 Å². The predicted octanol–water partition coefficient (Wildman–Crippen LogP) is 1.33. The number of nitrogens with one attached hydrogen (secondary N) is 2. The van der Waals surface area contributed by atoms with Gasteiger partial charge in [0.1, 0.15) is 5.60 Å². The van der Waals surface area contributed by atoms with Gasteiger partial charge in [0.15, 0.2) is 6.04 Å². The van der Waals surface area contributed by atoms with Crippen molar-refractivity contribution in [3.8, 4) is 0 Å². The van der Waals surface area contributed by atoms with Gasteiger partial charge in [-0.3, -0.25) is 9.78 Å². The summed E-state index contributed by atoms with van der Waals surface area (Å²) in [6.45, 7) is 5.31. The van der Waals surface area contributed by atoms with E-state index in [1.54, 1.807) is 39.0 Å². The molecule has 0 aliphatic rings. The number of nitrogens with zero attached hydrogens (tertiary/aromatic N) is 1. The van der Waals surface area contributed by atoms with Gasteiger partial charge in [-0.2, -0.15) is 0 Å². The summed E-state index contributed by atoms with van der Waals surface area (Å²) < 4.78 is 9.74. The number of ether oxygens (including phenoxy) is 2. The number of rotatable bonds is 6. The van der Waals surface area contributed by atoms with E-state index in [9.17, 15) is 14.4 Å². The Bertz CT molecular complexity index is 569. The third kappa shape index (κ3) is 7.08. The zero-order valence-electron chi connectivity index (χ0n) is 14.3. The van der Waals surface area contributed by atoms with Gasteiger partial charge in [0.25, 0.3) is 0 Å². The SMILES string of the molecule is COC(=O)[C@@H](NC(=O)CCNC(=O)OC(C)(C)C)c1ccccn1. The maximum atomic E-state index is 12.0. The first-order valence-corrected chi connectivity index (χ1v) is 7.48. The fourth-order valence-corrected chi connectivity index (χ4v) is 1.74. The summed E-state index contributed by atoms with van der Waals surface area (Å²) in [7, 11) is 1.23. The maximum Gasteiger partial charge on any atom is 0.407 e. The van der Waals surface area contributed by atoms with E-state index >= 15 is 0 Å². The zero-order valence-corrected chi connectivity index (χ0v) is 14.3. The number of hydrogen-bond donors (Lipinski definition) is 2. The van der Waals surface area contributed by atoms with Gasteiger partial charge >= 0.3 is 12.1 Å². The summed E-state index contributed by atoms with van der Waals surface area (Å²) in [4.78, 5) is 39.3. The van der Waals surface area contributed by atoms with Crippen LogP contribution in [0.3, 0.4) is 0 Å². The molecule has 0 saturated carbocycles. The zero-order chi connectivity index (χ0) is 18.2. The Kier molecular flexibility index (Phi) is 7.16. The molecule has 0 aliphatic carbocycles. The van der Waals surface area contributed by atoms with Crippen molar-refractivity contribution < 1.29 is 23.9 Å². The highest BCUT2D eigenvalue weighted by Crippen LogP contribution is 2.11. The number of methoxy groups -OCH3 is 1. The van der Waals surface area contributed by atoms with Crippen LogP contribution in [0.1, 0.15) is 38.9 Å². The fraction of sp³-hybridized carbons (Fsp3) is 0.500. The third-order valence-electron chi connectivity index (χ3n) is 2.75. The van der Waals surface area contributed by atoms with Crippen LogP contribution in [0.4, 0.5) is 4.79 Å². The minimum Gasteiger partial charge on any atom is -0.467 e. The van der Waals surface area contributed by atoms with Crippen molar-refractivity contribution in [2.45, 2.75) is 38.8 Å². The molecular weight excluding hydrogens is 314 g/mol. The van der Waals surface area contributed by atoms with Gasteiger partial charge in [0, 0.05) is 19.2 Å². The number of carbonyl (C=O) groups excluding carboxylic acids is 3. The first kappa shape index (κ1) is 19.4. The van der Waals surface area contributed by atoms with Crippen LogP contribution in [0.25, 0.3) is 0 Å². The Morgan fingerprint density at radius 2 is 1.96 bits per heavy atom. The van der Waals surface area contributed by atoms with E-state index in [0.717, 1.165) is 0 Å². The summed E-state index contributed by atoms with van der Waals surface area (Å²) in [5.74, 6) is -1.05. The van der Waals surface area contributed by atoms with Gasteiger partial charge in [-0.05, 0) is 32.9 Å². The predicted molar refractivity (Wildman–Crippen MR) is 86.0 cm³/mol. The molecule has 1 aromatic heterocycles. The van der Waals surface area contributed by atoms with E-state index in [-0.39, 0.29) is 13.0 Å². The average Bonchev–Trinajstić information content (AvgIpc) is 2.51. The van der Waals surface area contributed by atoms with Crippen molar-refractivity contribution >= 4 is 18.0 Å². The Morgan fingerprint density at radius 1 is 1.25 bits per heavy atom. The van der Waals surface area contributed by atoms with Crippen molar-refractivity contribution in [1.29, 1.82) is 0 Å². The van der Waals surface area contributed by atoms with E-state index < -0.39 is 29.6 Å². The molecule has 8 heteroatoms. The standard InChI is InChI=1S/C16H23N3O5/c1-16(2,3)24-15(22)18-10-8-12(20)19-13(14(21)23-4)11-7-5-6-9-17-11/h5-7,9,13H,8,10H2,1-4H3,(H,18,22)(H,19,20)/t13-/m0/s1. The number of carbonyl (C=O) groups is 3. The molecule has 0 bridgehead atoms. The van der Waals surface area contributed by atoms with Crippen LogP contribution in [0.15, 0.2) is 24.4 Å². The smallest absolute Gasteiger partial charge is 0.407 e. The minimum atomic E-state index is -0.995. The molecule has 0 fully saturated rings. The quantitative estimate of drug-likeness (QED) is 0.758. The molecule has 0 radical (unpaired) electrons. The summed E-state index contributed by atoms with van der Waals surface area (Å²) in [6, 6.07) is 4.02. The summed E-state index contributed by atoms with van der Waals surface area (Å²) in [5, 5.41) is 5.01. The average molecular weight is 337 g/mol. The largest absolute Gasteiger partial charge is 0.467 e. The van der Waals surface area contributed by atoms with Crippen LogP contribution in [0, 0.1) is 0 Å². The molecule has 0 spiro atoms. The Hall–Kier alpha value is -2.64. The van der Waals surface area contributed by atoms with Gasteiger partial charge in [0.05, 0.1) is 12.8 Å². The monoisotopic (exact) mass is 337 g/mol. The first-order valence-electron chi connectivity index (χ1n) is 7.48. The first-order chi connectivity index (χ1) is 11.2. The second-order valence-corrected chi connectivity index (χ2v) is 5.96. The highest BCUT2D eigenvalue weighted by atomic mass is 16.6. The molecular formula is C16H23N3O5. The van der Waals surface area contributed by atoms with Crippen molar-refractivity contribution in [2.24, 2.45) is 0 Å². The highest BCUT2D eigenvalue weighted by molar-refractivity contribution is 5.85. The molecule has 0 saturated heterocycles. The molecule has 24 heavy (non-hydrogen) atoms. The van der Waals surface area contributed by atoms with Gasteiger partial charge in [-0.15, -0.1) is 0 Å². The number of hydrogen-bond acceptors (Lipinski definition) is 6. The summed E-state index contributed by atoms with van der Waals surface area (Å²) in [6.07, 6.45) is 0.894. The molecule has 8 nitrogen and oxygen atoms in total. The topological polar surface area (TPSA) is 107 Å². The lowest BCUT2D eigenvalue weighted by Gasteiger charge is -2.20. The Morgan fingerprint density at radius 3 is 2.50 bits per heavy atom. The molecule has 0 aromatic carbocycles. The summed E-state index contributed by atoms with van der Waals surface area (Å²) >= 11 is 0. The van der Waals surface area contributed by atoms with E-state index in [1.807, 2.05) is 0 Å². The third-order valence-corrected chi connectivity index (χ3v) is 2.75. The lowest BCUT2D eigenvalue weighted by molar-refractivity contribution is -0.145. The fourth-order valence-electron chi connectivity index (χ4n) is 1.74. The molecule has 0 unspecified atom stereocenters. The van der Waals surface area contributed by atoms with Crippen LogP contribution in [0.5, 0.6) is 0 Å². The number of alkyl carbamates (subject to hydrolysis) is 1. The van der Waals surface area contributed by atoms with E-state index in [2.05, 4.69) is 20.4 Å². The van der Waals surface area contributed by atoms with Gasteiger partial charge in [-0.25, -0.2) is 9.59 Å². The van der Waals surface area contributed by atoms with E-state index in [1.165, 1.54) is 13.3 Å². The number of aromatic nitrogens is 1. The molecule has 2 amide bonds.